The highest BCUT2D eigenvalue weighted by Gasteiger charge is 2.32. The van der Waals surface area contributed by atoms with Gasteiger partial charge in [0.2, 0.25) is 15.9 Å². The van der Waals surface area contributed by atoms with E-state index < -0.39 is 21.9 Å². The second-order valence-electron chi connectivity index (χ2n) is 7.38. The van der Waals surface area contributed by atoms with Crippen LogP contribution in [-0.4, -0.2) is 31.5 Å². The van der Waals surface area contributed by atoms with Gasteiger partial charge in [-0.25, -0.2) is 12.8 Å². The molecule has 31 heavy (non-hydrogen) atoms. The third kappa shape index (κ3) is 5.92. The lowest BCUT2D eigenvalue weighted by molar-refractivity contribution is -0.133. The van der Waals surface area contributed by atoms with E-state index in [1.165, 1.54) is 24.3 Å². The zero-order valence-electron chi connectivity index (χ0n) is 17.5. The maximum absolute atomic E-state index is 13.5. The molecule has 3 rings (SSSR count). The van der Waals surface area contributed by atoms with E-state index >= 15 is 0 Å². The lowest BCUT2D eigenvalue weighted by Crippen LogP contribution is -2.49. The van der Waals surface area contributed by atoms with Crippen LogP contribution in [0.5, 0.6) is 0 Å². The molecule has 0 aliphatic rings. The van der Waals surface area contributed by atoms with Gasteiger partial charge in [0, 0.05) is 13.1 Å². The van der Waals surface area contributed by atoms with Crippen molar-refractivity contribution in [1.82, 2.24) is 4.90 Å². The van der Waals surface area contributed by atoms with Crippen LogP contribution in [0.15, 0.2) is 84.9 Å². The van der Waals surface area contributed by atoms with Crippen molar-refractivity contribution in [2.24, 2.45) is 0 Å². The Labute approximate surface area is 182 Å². The highest BCUT2D eigenvalue weighted by Crippen LogP contribution is 2.23. The van der Waals surface area contributed by atoms with Gasteiger partial charge in [0.1, 0.15) is 11.9 Å². The third-order valence-electron chi connectivity index (χ3n) is 4.89. The molecule has 0 N–H and O–H groups in total. The molecule has 1 atom stereocenters. The number of anilines is 1. The Morgan fingerprint density at radius 1 is 0.839 bits per heavy atom. The minimum Gasteiger partial charge on any atom is -0.332 e. The molecule has 0 radical (unpaired) electrons. The summed E-state index contributed by atoms with van der Waals surface area (Å²) < 4.78 is 39.5. The third-order valence-corrected chi connectivity index (χ3v) is 6.13. The van der Waals surface area contributed by atoms with Gasteiger partial charge in [0.25, 0.3) is 0 Å². The van der Waals surface area contributed by atoms with E-state index in [1.54, 1.807) is 11.8 Å². The van der Waals surface area contributed by atoms with Crippen LogP contribution < -0.4 is 4.31 Å². The number of carbonyl (C=O) groups excluding carboxylic acids is 1. The molecule has 0 aromatic heterocycles. The lowest BCUT2D eigenvalue weighted by Gasteiger charge is -2.33. The van der Waals surface area contributed by atoms with Gasteiger partial charge >= 0.3 is 0 Å². The Bertz CT molecular complexity index is 1060. The van der Waals surface area contributed by atoms with Crippen molar-refractivity contribution in [2.45, 2.75) is 26.1 Å². The summed E-state index contributed by atoms with van der Waals surface area (Å²) in [6.45, 7) is 2.22. The molecule has 0 bridgehead atoms. The first-order valence-electron chi connectivity index (χ1n) is 9.87. The standard InChI is InChI=1S/C24H25FN2O3S/c1-19(27(31(2,29)30)23-15-13-22(25)14-16-23)24(28)26(17-20-9-5-3-6-10-20)18-21-11-7-4-8-12-21/h3-16,19H,17-18H2,1-2H3/t19-/m1/s1. The number of amides is 1. The number of hydrogen-bond acceptors (Lipinski definition) is 3. The van der Waals surface area contributed by atoms with Crippen LogP contribution >= 0.6 is 0 Å². The quantitative estimate of drug-likeness (QED) is 0.527. The van der Waals surface area contributed by atoms with Crippen LogP contribution in [0.3, 0.4) is 0 Å². The van der Waals surface area contributed by atoms with Crippen LogP contribution in [0.2, 0.25) is 0 Å². The molecule has 3 aromatic rings. The fourth-order valence-corrected chi connectivity index (χ4v) is 4.64. The van der Waals surface area contributed by atoms with Gasteiger partial charge in [0.05, 0.1) is 11.9 Å². The summed E-state index contributed by atoms with van der Waals surface area (Å²) in [4.78, 5) is 15.2. The second-order valence-corrected chi connectivity index (χ2v) is 9.24. The van der Waals surface area contributed by atoms with E-state index in [0.29, 0.717) is 13.1 Å². The first-order chi connectivity index (χ1) is 14.8. The van der Waals surface area contributed by atoms with E-state index in [1.807, 2.05) is 60.7 Å². The Morgan fingerprint density at radius 3 is 1.71 bits per heavy atom. The van der Waals surface area contributed by atoms with Crippen LogP contribution in [-0.2, 0) is 27.9 Å². The second kappa shape index (κ2) is 9.75. The summed E-state index contributed by atoms with van der Waals surface area (Å²) in [6.07, 6.45) is 1.04. The van der Waals surface area contributed by atoms with Gasteiger partial charge in [-0.05, 0) is 42.3 Å². The van der Waals surface area contributed by atoms with E-state index in [0.717, 1.165) is 21.7 Å². The number of rotatable bonds is 8. The molecule has 5 nitrogen and oxygen atoms in total. The van der Waals surface area contributed by atoms with Crippen molar-refractivity contribution in [3.8, 4) is 0 Å². The van der Waals surface area contributed by atoms with Crippen LogP contribution in [0.4, 0.5) is 10.1 Å². The fourth-order valence-electron chi connectivity index (χ4n) is 3.47. The maximum Gasteiger partial charge on any atom is 0.246 e. The summed E-state index contributed by atoms with van der Waals surface area (Å²) in [7, 11) is -3.79. The summed E-state index contributed by atoms with van der Waals surface area (Å²) in [5.41, 5.74) is 2.11. The topological polar surface area (TPSA) is 57.7 Å². The smallest absolute Gasteiger partial charge is 0.246 e. The van der Waals surface area contributed by atoms with Gasteiger partial charge in [-0.3, -0.25) is 9.10 Å². The lowest BCUT2D eigenvalue weighted by atomic mass is 10.1. The van der Waals surface area contributed by atoms with Gasteiger partial charge in [0.15, 0.2) is 0 Å². The Kier molecular flexibility index (Phi) is 7.07. The minimum absolute atomic E-state index is 0.240. The monoisotopic (exact) mass is 440 g/mol. The van der Waals surface area contributed by atoms with Gasteiger partial charge in [-0.1, -0.05) is 60.7 Å². The van der Waals surface area contributed by atoms with Crippen molar-refractivity contribution in [2.75, 3.05) is 10.6 Å². The van der Waals surface area contributed by atoms with Gasteiger partial charge in [-0.15, -0.1) is 0 Å². The van der Waals surface area contributed by atoms with Crippen molar-refractivity contribution >= 4 is 21.6 Å². The normalized spacial score (nSPS) is 12.2. The molecule has 0 saturated carbocycles. The average molecular weight is 441 g/mol. The SMILES string of the molecule is C[C@H](C(=O)N(Cc1ccccc1)Cc1ccccc1)N(c1ccc(F)cc1)S(C)(=O)=O. The van der Waals surface area contributed by atoms with Crippen molar-refractivity contribution < 1.29 is 17.6 Å². The molecule has 162 valence electrons. The fraction of sp³-hybridized carbons (Fsp3) is 0.208. The summed E-state index contributed by atoms with van der Waals surface area (Å²) in [5.74, 6) is -0.826. The number of hydrogen-bond donors (Lipinski definition) is 0. The molecule has 0 aliphatic heterocycles. The van der Waals surface area contributed by atoms with Crippen LogP contribution in [0.1, 0.15) is 18.1 Å². The highest BCUT2D eigenvalue weighted by atomic mass is 32.2. The van der Waals surface area contributed by atoms with Gasteiger partial charge < -0.3 is 4.90 Å². The largest absolute Gasteiger partial charge is 0.332 e. The molecule has 0 saturated heterocycles. The molecule has 0 fully saturated rings. The Balaban J connectivity index is 1.94. The summed E-state index contributed by atoms with van der Waals surface area (Å²) >= 11 is 0. The Morgan fingerprint density at radius 2 is 1.29 bits per heavy atom. The number of halogens is 1. The molecule has 3 aromatic carbocycles. The van der Waals surface area contributed by atoms with Crippen LogP contribution in [0.25, 0.3) is 0 Å². The zero-order chi connectivity index (χ0) is 22.4. The number of sulfonamides is 1. The van der Waals surface area contributed by atoms with Crippen molar-refractivity contribution in [1.29, 1.82) is 0 Å². The molecule has 0 spiro atoms. The number of nitrogens with zero attached hydrogens (tertiary/aromatic N) is 2. The van der Waals surface area contributed by atoms with Crippen molar-refractivity contribution in [3.05, 3.63) is 102 Å². The van der Waals surface area contributed by atoms with E-state index in [4.69, 9.17) is 0 Å². The van der Waals surface area contributed by atoms with E-state index in [2.05, 4.69) is 0 Å². The number of carbonyl (C=O) groups is 1. The molecule has 0 aliphatic carbocycles. The number of benzene rings is 3. The maximum atomic E-state index is 13.5. The molecule has 0 heterocycles. The van der Waals surface area contributed by atoms with Gasteiger partial charge in [-0.2, -0.15) is 0 Å². The van der Waals surface area contributed by atoms with E-state index in [9.17, 15) is 17.6 Å². The predicted octanol–water partition coefficient (Wildman–Crippen LogP) is 4.21. The molecule has 7 heteroatoms. The van der Waals surface area contributed by atoms with E-state index in [-0.39, 0.29) is 11.6 Å². The predicted molar refractivity (Wildman–Crippen MR) is 120 cm³/mol. The Hall–Kier alpha value is -3.19. The minimum atomic E-state index is -3.79. The average Bonchev–Trinajstić information content (AvgIpc) is 2.75. The molecular weight excluding hydrogens is 415 g/mol. The summed E-state index contributed by atoms with van der Waals surface area (Å²) in [5, 5.41) is 0. The first kappa shape index (κ1) is 22.5. The zero-order valence-corrected chi connectivity index (χ0v) is 18.3. The highest BCUT2D eigenvalue weighted by molar-refractivity contribution is 7.92. The first-order valence-corrected chi connectivity index (χ1v) is 11.7. The molecule has 0 unspecified atom stereocenters. The summed E-state index contributed by atoms with van der Waals surface area (Å²) in [6, 6.07) is 23.1. The van der Waals surface area contributed by atoms with Crippen molar-refractivity contribution in [3.63, 3.8) is 0 Å². The molecular formula is C24H25FN2O3S. The van der Waals surface area contributed by atoms with Crippen LogP contribution in [0, 0.1) is 5.82 Å². The molecule has 1 amide bonds.